The minimum Gasteiger partial charge on any atom is -0.463 e. The maximum Gasteiger partial charge on any atom is 0.347 e. The van der Waals surface area contributed by atoms with E-state index in [1.54, 1.807) is 0 Å². The van der Waals surface area contributed by atoms with Crippen molar-refractivity contribution in [1.82, 2.24) is 4.31 Å². The fraction of sp³-hybridized carbons (Fsp3) is 0.263. The molecule has 9 heteroatoms. The molecule has 3 rings (SSSR count). The molecule has 1 saturated heterocycles. The van der Waals surface area contributed by atoms with Gasteiger partial charge in [0.15, 0.2) is 0 Å². The molecular formula is C19H18ClNO6S. The largest absolute Gasteiger partial charge is 0.463 e. The zero-order valence-corrected chi connectivity index (χ0v) is 16.6. The van der Waals surface area contributed by atoms with Gasteiger partial charge in [0.05, 0.1) is 22.1 Å². The summed E-state index contributed by atoms with van der Waals surface area (Å²) in [5.41, 5.74) is 0.692. The monoisotopic (exact) mass is 423 g/mol. The van der Waals surface area contributed by atoms with E-state index in [2.05, 4.69) is 0 Å². The zero-order valence-electron chi connectivity index (χ0n) is 15.0. The average molecular weight is 424 g/mol. The Morgan fingerprint density at radius 1 is 1.25 bits per heavy atom. The number of carbonyl (C=O) groups excluding carboxylic acids is 2. The smallest absolute Gasteiger partial charge is 0.347 e. The van der Waals surface area contributed by atoms with E-state index in [1.165, 1.54) is 23.5 Å². The predicted molar refractivity (Wildman–Crippen MR) is 101 cm³/mol. The lowest BCUT2D eigenvalue weighted by Gasteiger charge is -2.18. The second-order valence-electron chi connectivity index (χ2n) is 6.24. The van der Waals surface area contributed by atoms with E-state index in [0.717, 1.165) is 11.6 Å². The molecule has 28 heavy (non-hydrogen) atoms. The van der Waals surface area contributed by atoms with Crippen molar-refractivity contribution in [2.24, 2.45) is 0 Å². The van der Waals surface area contributed by atoms with Gasteiger partial charge in [-0.15, -0.1) is 0 Å². The van der Waals surface area contributed by atoms with Crippen LogP contribution in [0, 0.1) is 0 Å². The van der Waals surface area contributed by atoms with E-state index < -0.39 is 28.1 Å². The second-order valence-corrected chi connectivity index (χ2v) is 8.69. The first-order valence-corrected chi connectivity index (χ1v) is 10.3. The lowest BCUT2D eigenvalue weighted by atomic mass is 10.2. The van der Waals surface area contributed by atoms with Gasteiger partial charge in [0.25, 0.3) is 0 Å². The summed E-state index contributed by atoms with van der Waals surface area (Å²) in [6.07, 6.45) is -0.760. The molecule has 0 radical (unpaired) electrons. The number of nitrogens with zero attached hydrogens (tertiary/aromatic N) is 1. The minimum absolute atomic E-state index is 0.0287. The molecule has 1 aliphatic heterocycles. The maximum absolute atomic E-state index is 12.9. The predicted octanol–water partition coefficient (Wildman–Crippen LogP) is 2.63. The number of halogens is 1. The van der Waals surface area contributed by atoms with Crippen LogP contribution >= 0.6 is 11.6 Å². The highest BCUT2D eigenvalue weighted by atomic mass is 35.5. The number of cyclic esters (lactones) is 1. The highest BCUT2D eigenvalue weighted by Gasteiger charge is 2.32. The number of sulfonamides is 1. The molecule has 0 bridgehead atoms. The molecule has 1 aliphatic rings. The summed E-state index contributed by atoms with van der Waals surface area (Å²) in [5.74, 6) is -1.51. The third-order valence-electron chi connectivity index (χ3n) is 4.25. The fourth-order valence-electron chi connectivity index (χ4n) is 2.70. The van der Waals surface area contributed by atoms with Crippen molar-refractivity contribution in [3.05, 3.63) is 64.7 Å². The summed E-state index contributed by atoms with van der Waals surface area (Å²) in [5, 5.41) is 0.0287. The molecule has 0 aliphatic carbocycles. The van der Waals surface area contributed by atoms with Crippen LogP contribution in [-0.2, 0) is 30.8 Å². The summed E-state index contributed by atoms with van der Waals surface area (Å²) in [4.78, 5) is 23.8. The van der Waals surface area contributed by atoms with Crippen LogP contribution in [0.4, 0.5) is 0 Å². The number of carbonyl (C=O) groups is 2. The maximum atomic E-state index is 12.9. The van der Waals surface area contributed by atoms with Gasteiger partial charge in [0, 0.05) is 20.0 Å². The summed E-state index contributed by atoms with van der Waals surface area (Å²) >= 11 is 6.05. The van der Waals surface area contributed by atoms with Crippen LogP contribution in [0.1, 0.15) is 22.3 Å². The molecule has 2 aromatic rings. The number of ether oxygens (including phenoxy) is 2. The van der Waals surface area contributed by atoms with Gasteiger partial charge in [-0.25, -0.2) is 18.0 Å². The van der Waals surface area contributed by atoms with Crippen molar-refractivity contribution in [3.8, 4) is 0 Å². The van der Waals surface area contributed by atoms with Crippen LogP contribution < -0.4 is 0 Å². The second kappa shape index (κ2) is 8.30. The summed E-state index contributed by atoms with van der Waals surface area (Å²) < 4.78 is 36.8. The fourth-order valence-corrected chi connectivity index (χ4v) is 4.08. The Morgan fingerprint density at radius 3 is 2.61 bits per heavy atom. The van der Waals surface area contributed by atoms with Gasteiger partial charge in [0.2, 0.25) is 16.1 Å². The molecule has 0 amide bonds. The molecule has 7 nitrogen and oxygen atoms in total. The Balaban J connectivity index is 1.83. The molecule has 0 saturated carbocycles. The third kappa shape index (κ3) is 4.35. The molecule has 1 fully saturated rings. The van der Waals surface area contributed by atoms with Gasteiger partial charge in [-0.1, -0.05) is 41.9 Å². The van der Waals surface area contributed by atoms with E-state index in [-0.39, 0.29) is 35.1 Å². The van der Waals surface area contributed by atoms with Crippen LogP contribution in [-0.4, -0.2) is 44.4 Å². The summed E-state index contributed by atoms with van der Waals surface area (Å²) in [6, 6.07) is 12.9. The number of hydrogen-bond donors (Lipinski definition) is 0. The summed E-state index contributed by atoms with van der Waals surface area (Å²) in [7, 11) is -2.42. The van der Waals surface area contributed by atoms with E-state index in [0.29, 0.717) is 0 Å². The molecule has 0 unspecified atom stereocenters. The van der Waals surface area contributed by atoms with Crippen LogP contribution in [0.3, 0.4) is 0 Å². The molecule has 0 aromatic heterocycles. The molecule has 2 aromatic carbocycles. The van der Waals surface area contributed by atoms with Gasteiger partial charge in [-0.05, 0) is 23.8 Å². The molecule has 148 valence electrons. The highest BCUT2D eigenvalue weighted by molar-refractivity contribution is 7.89. The van der Waals surface area contributed by atoms with E-state index >= 15 is 0 Å². The molecular weight excluding hydrogens is 406 g/mol. The number of rotatable bonds is 6. The van der Waals surface area contributed by atoms with Crippen LogP contribution in [0.5, 0.6) is 0 Å². The quantitative estimate of drug-likeness (QED) is 0.663. The number of benzene rings is 2. The van der Waals surface area contributed by atoms with E-state index in [9.17, 15) is 18.0 Å². The average Bonchev–Trinajstić information content (AvgIpc) is 3.07. The summed E-state index contributed by atoms with van der Waals surface area (Å²) in [6.45, 7) is 0.336. The zero-order chi connectivity index (χ0) is 20.3. The first-order chi connectivity index (χ1) is 13.3. The van der Waals surface area contributed by atoms with Crippen LogP contribution in [0.2, 0.25) is 5.02 Å². The van der Waals surface area contributed by atoms with E-state index in [4.69, 9.17) is 21.1 Å². The van der Waals surface area contributed by atoms with Gasteiger partial charge in [-0.2, -0.15) is 4.31 Å². The molecule has 1 heterocycles. The Hall–Kier alpha value is -2.42. The Kier molecular flexibility index (Phi) is 6.02. The van der Waals surface area contributed by atoms with Crippen molar-refractivity contribution < 1.29 is 27.5 Å². The third-order valence-corrected chi connectivity index (χ3v) is 6.38. The molecule has 0 spiro atoms. The van der Waals surface area contributed by atoms with Crippen LogP contribution in [0.25, 0.3) is 0 Å². The van der Waals surface area contributed by atoms with Crippen molar-refractivity contribution in [2.45, 2.75) is 24.0 Å². The number of hydrogen-bond acceptors (Lipinski definition) is 6. The molecule has 0 N–H and O–H groups in total. The molecule has 1 atom stereocenters. The van der Waals surface area contributed by atoms with Gasteiger partial charge in [0.1, 0.15) is 0 Å². The Bertz CT molecular complexity index is 993. The Morgan fingerprint density at radius 2 is 1.96 bits per heavy atom. The Labute approximate surface area is 167 Å². The normalized spacial score (nSPS) is 16.8. The van der Waals surface area contributed by atoms with Gasteiger partial charge < -0.3 is 9.47 Å². The van der Waals surface area contributed by atoms with E-state index in [1.807, 2.05) is 30.3 Å². The van der Waals surface area contributed by atoms with Gasteiger partial charge in [-0.3, -0.25) is 0 Å². The van der Waals surface area contributed by atoms with Gasteiger partial charge >= 0.3 is 11.9 Å². The lowest BCUT2D eigenvalue weighted by molar-refractivity contribution is -0.145. The van der Waals surface area contributed by atoms with Crippen molar-refractivity contribution in [3.63, 3.8) is 0 Å². The minimum atomic E-state index is -3.87. The standard InChI is InChI=1S/C19H18ClNO6S/c1-21(12-13-5-3-2-4-6-13)28(24,25)14-7-8-16(20)15(11-14)18(22)27-17-9-10-26-19(17)23/h2-8,11,17H,9-10,12H2,1H3/t17-/m0/s1. The first-order valence-electron chi connectivity index (χ1n) is 8.46. The van der Waals surface area contributed by atoms with Crippen molar-refractivity contribution in [2.75, 3.05) is 13.7 Å². The van der Waals surface area contributed by atoms with Crippen molar-refractivity contribution >= 4 is 33.6 Å². The van der Waals surface area contributed by atoms with Crippen LogP contribution in [0.15, 0.2) is 53.4 Å². The SMILES string of the molecule is CN(Cc1ccccc1)S(=O)(=O)c1ccc(Cl)c(C(=O)O[C@H]2CCOC2=O)c1. The lowest BCUT2D eigenvalue weighted by Crippen LogP contribution is -2.27. The topological polar surface area (TPSA) is 90.0 Å². The first kappa shape index (κ1) is 20.3. The number of esters is 2. The van der Waals surface area contributed by atoms with Crippen molar-refractivity contribution in [1.29, 1.82) is 0 Å². The highest BCUT2D eigenvalue weighted by Crippen LogP contribution is 2.25.